The van der Waals surface area contributed by atoms with Gasteiger partial charge in [-0.15, -0.1) is 0 Å². The summed E-state index contributed by atoms with van der Waals surface area (Å²) < 4.78 is 38.4. The number of aromatic amines is 1. The van der Waals surface area contributed by atoms with Gasteiger partial charge in [-0.1, -0.05) is 44.1 Å². The number of rotatable bonds is 12. The molecule has 0 aromatic carbocycles. The fourth-order valence-corrected chi connectivity index (χ4v) is 6.85. The summed E-state index contributed by atoms with van der Waals surface area (Å²) in [7, 11) is 0. The Morgan fingerprint density at radius 3 is 2.55 bits per heavy atom. The topological polar surface area (TPSA) is 158 Å². The number of thioether (sulfide) groups is 1. The molecule has 2 rings (SSSR count). The Labute approximate surface area is 245 Å². The molecule has 17 heteroatoms. The van der Waals surface area contributed by atoms with Crippen molar-refractivity contribution in [2.45, 2.75) is 84.2 Å². The first kappa shape index (κ1) is 35.0. The first-order chi connectivity index (χ1) is 18.3. The molecule has 3 N–H and O–H groups in total. The van der Waals surface area contributed by atoms with Gasteiger partial charge in [0.2, 0.25) is 0 Å². The van der Waals surface area contributed by atoms with E-state index in [1.54, 1.807) is 34.6 Å². The summed E-state index contributed by atoms with van der Waals surface area (Å²) in [4.78, 5) is 50.6. The number of alkyl halides is 2. The molecule has 12 nitrogen and oxygen atoms in total. The molecule has 1 saturated heterocycles. The van der Waals surface area contributed by atoms with Crippen molar-refractivity contribution in [3.8, 4) is 0 Å². The standard InChI is InChI=1S/C23H36ClFN3O9PS2/c1-12(2)36-18(31)14(4)27-38(39,34-8-9-40-20(32)22(5,6)7)35-11-15-16(29)23(24,25)19(37-15)28-10-13(3)17(30)26-21(28)33/h10,12,14-16,19,29H,8-9,11H2,1-7H3,(H,27,39)(H,26,30,33)/t14?,15-,16-,19-,23-,38?/m1/s1. The van der Waals surface area contributed by atoms with Gasteiger partial charge < -0.3 is 23.6 Å². The second-order valence-electron chi connectivity index (χ2n) is 10.5. The molecule has 0 radical (unpaired) electrons. The average Bonchev–Trinajstić information content (AvgIpc) is 3.05. The molecule has 228 valence electrons. The summed E-state index contributed by atoms with van der Waals surface area (Å²) in [6.07, 6.45) is -4.55. The van der Waals surface area contributed by atoms with Crippen molar-refractivity contribution < 1.29 is 37.6 Å². The lowest BCUT2D eigenvalue weighted by Crippen LogP contribution is -2.42. The number of esters is 1. The lowest BCUT2D eigenvalue weighted by atomic mass is 10.00. The molecule has 1 fully saturated rings. The third-order valence-corrected chi connectivity index (χ3v) is 9.75. The third-order valence-electron chi connectivity index (χ3n) is 5.43. The Morgan fingerprint density at radius 2 is 1.98 bits per heavy atom. The molecule has 0 saturated carbocycles. The Kier molecular flexibility index (Phi) is 12.2. The number of carbonyl (C=O) groups excluding carboxylic acids is 2. The molecular formula is C23H36ClFN3O9PS2. The monoisotopic (exact) mass is 647 g/mol. The maximum absolute atomic E-state index is 15.4. The van der Waals surface area contributed by atoms with Crippen LogP contribution in [-0.2, 0) is 39.9 Å². The number of hydrogen-bond acceptors (Lipinski definition) is 11. The highest BCUT2D eigenvalue weighted by atomic mass is 35.5. The maximum Gasteiger partial charge on any atom is 0.330 e. The first-order valence-electron chi connectivity index (χ1n) is 12.4. The van der Waals surface area contributed by atoms with Crippen molar-refractivity contribution in [2.75, 3.05) is 19.0 Å². The van der Waals surface area contributed by atoms with Crippen LogP contribution in [0.5, 0.6) is 0 Å². The number of nitrogens with one attached hydrogen (secondary N) is 2. The second-order valence-corrected chi connectivity index (χ2v) is 15.3. The first-order valence-corrected chi connectivity index (χ1v) is 16.4. The Hall–Kier alpha value is -1.16. The minimum Gasteiger partial charge on any atom is -0.462 e. The molecule has 1 aliphatic rings. The Morgan fingerprint density at radius 1 is 1.35 bits per heavy atom. The summed E-state index contributed by atoms with van der Waals surface area (Å²) in [6, 6.07) is -0.963. The van der Waals surface area contributed by atoms with Crippen LogP contribution in [0.2, 0.25) is 0 Å². The summed E-state index contributed by atoms with van der Waals surface area (Å²) in [5.41, 5.74) is -2.14. The van der Waals surface area contributed by atoms with Gasteiger partial charge in [0.1, 0.15) is 18.2 Å². The molecule has 1 aromatic heterocycles. The molecule has 0 bridgehead atoms. The van der Waals surface area contributed by atoms with Gasteiger partial charge in [0, 0.05) is 22.9 Å². The Bertz CT molecular complexity index is 1240. The normalized spacial score (nSPS) is 25.5. The van der Waals surface area contributed by atoms with Crippen molar-refractivity contribution in [3.63, 3.8) is 0 Å². The number of nitrogens with zero attached hydrogens (tertiary/aromatic N) is 1. The molecular weight excluding hydrogens is 612 g/mol. The number of aromatic nitrogens is 2. The van der Waals surface area contributed by atoms with Crippen molar-refractivity contribution >= 4 is 52.9 Å². The fraction of sp³-hybridized carbons (Fsp3) is 0.739. The smallest absolute Gasteiger partial charge is 0.330 e. The van der Waals surface area contributed by atoms with Crippen LogP contribution in [0.3, 0.4) is 0 Å². The second kappa shape index (κ2) is 13.9. The SMILES string of the molecule is Cc1cn([C@@H]2O[C@H](COP(=S)(NC(C)C(=O)OC(C)C)OCCSC(=O)C(C)(C)C)[C@@H](O)[C@]2(F)Cl)c(=O)[nH]c1=O. The number of hydrogen-bond donors (Lipinski definition) is 3. The Balaban J connectivity index is 2.19. The van der Waals surface area contributed by atoms with Gasteiger partial charge in [-0.2, -0.15) is 0 Å². The van der Waals surface area contributed by atoms with Crippen LogP contribution in [0.25, 0.3) is 0 Å². The van der Waals surface area contributed by atoms with Crippen molar-refractivity contribution in [1.82, 2.24) is 14.6 Å². The zero-order valence-electron chi connectivity index (χ0n) is 23.3. The van der Waals surface area contributed by atoms with E-state index in [1.165, 1.54) is 13.8 Å². The molecule has 2 heterocycles. The van der Waals surface area contributed by atoms with Crippen LogP contribution in [-0.4, -0.2) is 74.2 Å². The van der Waals surface area contributed by atoms with Crippen LogP contribution >= 0.6 is 30.0 Å². The average molecular weight is 648 g/mol. The van der Waals surface area contributed by atoms with Gasteiger partial charge in [0.05, 0.1) is 19.3 Å². The van der Waals surface area contributed by atoms with E-state index in [-0.39, 0.29) is 23.0 Å². The van der Waals surface area contributed by atoms with E-state index in [0.29, 0.717) is 0 Å². The van der Waals surface area contributed by atoms with Crippen LogP contribution in [0.15, 0.2) is 15.8 Å². The van der Waals surface area contributed by atoms with E-state index < -0.39 is 71.6 Å². The number of H-pyrrole nitrogens is 1. The number of halogens is 2. The van der Waals surface area contributed by atoms with Crippen LogP contribution in [0.1, 0.15) is 53.3 Å². The van der Waals surface area contributed by atoms with E-state index >= 15 is 4.39 Å². The van der Waals surface area contributed by atoms with Crippen molar-refractivity contribution in [1.29, 1.82) is 0 Å². The van der Waals surface area contributed by atoms with Crippen LogP contribution < -0.4 is 16.3 Å². The molecule has 40 heavy (non-hydrogen) atoms. The number of aryl methyl sites for hydroxylation is 1. The zero-order valence-corrected chi connectivity index (χ0v) is 26.5. The minimum atomic E-state index is -3.52. The van der Waals surface area contributed by atoms with Crippen LogP contribution in [0, 0.1) is 12.3 Å². The van der Waals surface area contributed by atoms with Crippen molar-refractivity contribution in [2.24, 2.45) is 5.41 Å². The summed E-state index contributed by atoms with van der Waals surface area (Å²) in [5, 5.41) is 10.3. The van der Waals surface area contributed by atoms with E-state index in [4.69, 9.17) is 41.9 Å². The van der Waals surface area contributed by atoms with Crippen LogP contribution in [0.4, 0.5) is 4.39 Å². The van der Waals surface area contributed by atoms with Crippen molar-refractivity contribution in [3.05, 3.63) is 32.6 Å². The molecule has 1 aromatic rings. The third kappa shape index (κ3) is 9.17. The molecule has 2 unspecified atom stereocenters. The largest absolute Gasteiger partial charge is 0.462 e. The molecule has 0 spiro atoms. The highest BCUT2D eigenvalue weighted by Crippen LogP contribution is 2.48. The van der Waals surface area contributed by atoms with E-state index in [1.807, 2.05) is 4.98 Å². The maximum atomic E-state index is 15.4. The predicted molar refractivity (Wildman–Crippen MR) is 153 cm³/mol. The lowest BCUT2D eigenvalue weighted by molar-refractivity contribution is -0.149. The number of aliphatic hydroxyl groups excluding tert-OH is 1. The highest BCUT2D eigenvalue weighted by Gasteiger charge is 2.58. The lowest BCUT2D eigenvalue weighted by Gasteiger charge is -2.28. The summed E-state index contributed by atoms with van der Waals surface area (Å²) >= 11 is 12.6. The van der Waals surface area contributed by atoms with E-state index in [9.17, 15) is 24.3 Å². The van der Waals surface area contributed by atoms with E-state index in [2.05, 4.69) is 5.09 Å². The minimum absolute atomic E-state index is 0.0337. The van der Waals surface area contributed by atoms with Gasteiger partial charge in [0.15, 0.2) is 11.3 Å². The molecule has 0 amide bonds. The predicted octanol–water partition coefficient (Wildman–Crippen LogP) is 2.50. The van der Waals surface area contributed by atoms with Gasteiger partial charge in [-0.3, -0.25) is 23.9 Å². The summed E-state index contributed by atoms with van der Waals surface area (Å²) in [5.74, 6) is -0.388. The number of ether oxygens (including phenoxy) is 2. The zero-order chi connectivity index (χ0) is 30.6. The van der Waals surface area contributed by atoms with E-state index in [0.717, 1.165) is 22.5 Å². The molecule has 6 atom stereocenters. The van der Waals surface area contributed by atoms with Gasteiger partial charge in [0.25, 0.3) is 17.3 Å². The quantitative estimate of drug-likeness (QED) is 0.132. The van der Waals surface area contributed by atoms with Gasteiger partial charge in [-0.05, 0) is 39.5 Å². The fourth-order valence-electron chi connectivity index (χ4n) is 3.28. The highest BCUT2D eigenvalue weighted by molar-refractivity contribution is 8.13. The van der Waals surface area contributed by atoms with Gasteiger partial charge >= 0.3 is 11.7 Å². The van der Waals surface area contributed by atoms with Gasteiger partial charge in [-0.25, -0.2) is 14.3 Å². The summed E-state index contributed by atoms with van der Waals surface area (Å²) in [6.45, 7) is 7.49. The number of carbonyl (C=O) groups is 2. The number of aliphatic hydroxyl groups is 1. The molecule has 1 aliphatic heterocycles. The molecule has 0 aliphatic carbocycles.